The number of nitrogens with zero attached hydrogens (tertiary/aromatic N) is 3. The molecule has 0 spiro atoms. The lowest BCUT2D eigenvalue weighted by molar-refractivity contribution is 0.586. The molecule has 0 amide bonds. The molecule has 2 aromatic rings. The van der Waals surface area contributed by atoms with Gasteiger partial charge in [0.1, 0.15) is 5.15 Å². The predicted molar refractivity (Wildman–Crippen MR) is 66.1 cm³/mol. The summed E-state index contributed by atoms with van der Waals surface area (Å²) >= 11 is 5.90. The first-order valence-electron chi connectivity index (χ1n) is 5.76. The molecule has 0 saturated carbocycles. The highest BCUT2D eigenvalue weighted by molar-refractivity contribution is 6.29. The summed E-state index contributed by atoms with van der Waals surface area (Å²) in [5, 5.41) is 0.450. The molecule has 2 aromatic heterocycles. The van der Waals surface area contributed by atoms with Crippen LogP contribution in [-0.4, -0.2) is 15.0 Å². The fourth-order valence-corrected chi connectivity index (χ4v) is 2.58. The van der Waals surface area contributed by atoms with Gasteiger partial charge in [-0.05, 0) is 30.9 Å². The Morgan fingerprint density at radius 2 is 2.24 bits per heavy atom. The van der Waals surface area contributed by atoms with E-state index in [0.717, 1.165) is 30.7 Å². The van der Waals surface area contributed by atoms with Crippen molar-refractivity contribution in [3.05, 3.63) is 52.8 Å². The molecular formula is C13H12ClN3. The first-order chi connectivity index (χ1) is 8.34. The van der Waals surface area contributed by atoms with Gasteiger partial charge in [0, 0.05) is 18.3 Å². The second kappa shape index (κ2) is 4.41. The lowest BCUT2D eigenvalue weighted by Gasteiger charge is -2.23. The number of aryl methyl sites for hydroxylation is 1. The summed E-state index contributed by atoms with van der Waals surface area (Å²) in [7, 11) is 0. The Labute approximate surface area is 105 Å². The summed E-state index contributed by atoms with van der Waals surface area (Å²) in [6.07, 6.45) is 8.53. The molecule has 3 nitrogen and oxygen atoms in total. The number of aromatic nitrogens is 3. The van der Waals surface area contributed by atoms with E-state index in [1.54, 1.807) is 12.4 Å². The number of pyridine rings is 1. The number of halogens is 1. The molecule has 4 heteroatoms. The van der Waals surface area contributed by atoms with Crippen molar-refractivity contribution in [2.45, 2.75) is 25.2 Å². The van der Waals surface area contributed by atoms with Crippen molar-refractivity contribution in [3.8, 4) is 0 Å². The second-order valence-electron chi connectivity index (χ2n) is 4.26. The minimum Gasteiger partial charge on any atom is -0.260 e. The summed E-state index contributed by atoms with van der Waals surface area (Å²) in [4.78, 5) is 13.0. The Kier molecular flexibility index (Phi) is 2.77. The first kappa shape index (κ1) is 10.7. The van der Waals surface area contributed by atoms with E-state index in [1.165, 1.54) is 5.56 Å². The van der Waals surface area contributed by atoms with Crippen molar-refractivity contribution in [2.75, 3.05) is 0 Å². The van der Waals surface area contributed by atoms with Gasteiger partial charge in [0.15, 0.2) is 0 Å². The van der Waals surface area contributed by atoms with E-state index in [2.05, 4.69) is 21.0 Å². The SMILES string of the molecule is Clc1cncc(C2CCCc3cccnc32)n1. The molecule has 0 fully saturated rings. The molecular weight excluding hydrogens is 234 g/mol. The van der Waals surface area contributed by atoms with Gasteiger partial charge in [-0.2, -0.15) is 0 Å². The van der Waals surface area contributed by atoms with Gasteiger partial charge in [0.05, 0.1) is 17.6 Å². The normalized spacial score (nSPS) is 18.8. The summed E-state index contributed by atoms with van der Waals surface area (Å²) in [5.41, 5.74) is 3.39. The molecule has 0 N–H and O–H groups in total. The van der Waals surface area contributed by atoms with Crippen LogP contribution in [0, 0.1) is 0 Å². The van der Waals surface area contributed by atoms with Crippen molar-refractivity contribution in [3.63, 3.8) is 0 Å². The average molecular weight is 246 g/mol. The molecule has 0 aromatic carbocycles. The Hall–Kier alpha value is -1.48. The van der Waals surface area contributed by atoms with Crippen LogP contribution in [0.1, 0.15) is 35.7 Å². The van der Waals surface area contributed by atoms with Gasteiger partial charge in [-0.25, -0.2) is 4.98 Å². The Bertz CT molecular complexity index is 542. The van der Waals surface area contributed by atoms with Crippen LogP contribution >= 0.6 is 11.6 Å². The van der Waals surface area contributed by atoms with Gasteiger partial charge < -0.3 is 0 Å². The monoisotopic (exact) mass is 245 g/mol. The molecule has 86 valence electrons. The van der Waals surface area contributed by atoms with Crippen molar-refractivity contribution in [1.29, 1.82) is 0 Å². The van der Waals surface area contributed by atoms with E-state index in [1.807, 2.05) is 12.3 Å². The van der Waals surface area contributed by atoms with E-state index in [9.17, 15) is 0 Å². The van der Waals surface area contributed by atoms with Crippen LogP contribution in [0.4, 0.5) is 0 Å². The van der Waals surface area contributed by atoms with Crippen molar-refractivity contribution in [1.82, 2.24) is 15.0 Å². The van der Waals surface area contributed by atoms with E-state index >= 15 is 0 Å². The van der Waals surface area contributed by atoms with Crippen molar-refractivity contribution in [2.24, 2.45) is 0 Å². The number of fused-ring (bicyclic) bond motifs is 1. The van der Waals surface area contributed by atoms with Crippen LogP contribution in [-0.2, 0) is 6.42 Å². The zero-order chi connectivity index (χ0) is 11.7. The third-order valence-corrected chi connectivity index (χ3v) is 3.36. The molecule has 1 unspecified atom stereocenters. The third-order valence-electron chi connectivity index (χ3n) is 3.18. The molecule has 1 aliphatic carbocycles. The fraction of sp³-hybridized carbons (Fsp3) is 0.308. The largest absolute Gasteiger partial charge is 0.260 e. The first-order valence-corrected chi connectivity index (χ1v) is 6.13. The zero-order valence-corrected chi connectivity index (χ0v) is 10.1. The zero-order valence-electron chi connectivity index (χ0n) is 9.31. The number of hydrogen-bond acceptors (Lipinski definition) is 3. The van der Waals surface area contributed by atoms with Crippen LogP contribution < -0.4 is 0 Å². The van der Waals surface area contributed by atoms with Gasteiger partial charge in [0.25, 0.3) is 0 Å². The van der Waals surface area contributed by atoms with E-state index < -0.39 is 0 Å². The maximum absolute atomic E-state index is 5.90. The standard InChI is InChI=1S/C13H12ClN3/c14-12-8-15-7-11(17-12)10-5-1-3-9-4-2-6-16-13(9)10/h2,4,6-8,10H,1,3,5H2. The molecule has 2 heterocycles. The van der Waals surface area contributed by atoms with Crippen LogP contribution in [0.25, 0.3) is 0 Å². The number of hydrogen-bond donors (Lipinski definition) is 0. The highest BCUT2D eigenvalue weighted by atomic mass is 35.5. The molecule has 17 heavy (non-hydrogen) atoms. The molecule has 0 bridgehead atoms. The third kappa shape index (κ3) is 2.03. The van der Waals surface area contributed by atoms with Gasteiger partial charge in [-0.1, -0.05) is 17.7 Å². The maximum Gasteiger partial charge on any atom is 0.147 e. The molecule has 0 saturated heterocycles. The highest BCUT2D eigenvalue weighted by Gasteiger charge is 2.24. The van der Waals surface area contributed by atoms with Crippen LogP contribution in [0.5, 0.6) is 0 Å². The Morgan fingerprint density at radius 1 is 1.29 bits per heavy atom. The average Bonchev–Trinajstić information content (AvgIpc) is 2.38. The summed E-state index contributed by atoms with van der Waals surface area (Å²) in [5.74, 6) is 0.242. The van der Waals surface area contributed by atoms with Crippen LogP contribution in [0.2, 0.25) is 5.15 Å². The molecule has 0 aliphatic heterocycles. The van der Waals surface area contributed by atoms with Gasteiger partial charge in [-0.3, -0.25) is 9.97 Å². The smallest absolute Gasteiger partial charge is 0.147 e. The predicted octanol–water partition coefficient (Wildman–Crippen LogP) is 2.99. The van der Waals surface area contributed by atoms with Crippen molar-refractivity contribution < 1.29 is 0 Å². The van der Waals surface area contributed by atoms with Crippen LogP contribution in [0.15, 0.2) is 30.7 Å². The summed E-state index contributed by atoms with van der Waals surface area (Å²) < 4.78 is 0. The maximum atomic E-state index is 5.90. The van der Waals surface area contributed by atoms with Gasteiger partial charge in [-0.15, -0.1) is 0 Å². The Morgan fingerprint density at radius 3 is 3.12 bits per heavy atom. The lowest BCUT2D eigenvalue weighted by atomic mass is 9.85. The minimum atomic E-state index is 0.242. The van der Waals surface area contributed by atoms with Gasteiger partial charge >= 0.3 is 0 Å². The second-order valence-corrected chi connectivity index (χ2v) is 4.65. The quantitative estimate of drug-likeness (QED) is 0.775. The summed E-state index contributed by atoms with van der Waals surface area (Å²) in [6, 6.07) is 4.14. The Balaban J connectivity index is 2.06. The molecule has 1 atom stereocenters. The molecule has 3 rings (SSSR count). The lowest BCUT2D eigenvalue weighted by Crippen LogP contribution is -2.14. The van der Waals surface area contributed by atoms with Crippen LogP contribution in [0.3, 0.4) is 0 Å². The van der Waals surface area contributed by atoms with E-state index in [0.29, 0.717) is 5.15 Å². The molecule has 0 radical (unpaired) electrons. The fourth-order valence-electron chi connectivity index (χ4n) is 2.42. The van der Waals surface area contributed by atoms with Crippen molar-refractivity contribution >= 4 is 11.6 Å². The minimum absolute atomic E-state index is 0.242. The topological polar surface area (TPSA) is 38.7 Å². The van der Waals surface area contributed by atoms with E-state index in [-0.39, 0.29) is 5.92 Å². The molecule has 1 aliphatic rings. The highest BCUT2D eigenvalue weighted by Crippen LogP contribution is 2.34. The summed E-state index contributed by atoms with van der Waals surface area (Å²) in [6.45, 7) is 0. The van der Waals surface area contributed by atoms with Gasteiger partial charge in [0.2, 0.25) is 0 Å². The van der Waals surface area contributed by atoms with E-state index in [4.69, 9.17) is 11.6 Å². The number of rotatable bonds is 1.